The van der Waals surface area contributed by atoms with Crippen LogP contribution in [0.2, 0.25) is 0 Å². The summed E-state index contributed by atoms with van der Waals surface area (Å²) in [4.78, 5) is 19.3. The van der Waals surface area contributed by atoms with Crippen molar-refractivity contribution in [2.24, 2.45) is 5.92 Å². The zero-order valence-electron chi connectivity index (χ0n) is 22.0. The number of fused-ring (bicyclic) bond motifs is 3. The van der Waals surface area contributed by atoms with Gasteiger partial charge in [-0.2, -0.15) is 0 Å². The first-order valence-corrected chi connectivity index (χ1v) is 12.9. The standard InChI is InChI=1S/C26H40N6O4/c1-19-13-32(20(2)17-33)26(34)6-5-9-31-15-22(27-28-31)18-36-25(19)16-29(3)14-21-7-8-23-24(12-21)35-11-10-30(23)4/h7-8,12,15,19-20,25,33H,5-6,9-11,13-14,16-18H2,1-4H3/t19-,20-,25+/m0/s1. The fourth-order valence-corrected chi connectivity index (χ4v) is 4.88. The SMILES string of the molecule is C[C@H]1CN([C@@H](C)CO)C(=O)CCCn2cc(nn2)CO[C@@H]1CN(C)Cc1ccc2c(c1)OCCN2C. The van der Waals surface area contributed by atoms with Crippen molar-refractivity contribution in [2.75, 3.05) is 51.8 Å². The molecular weight excluding hydrogens is 460 g/mol. The molecule has 1 aromatic carbocycles. The van der Waals surface area contributed by atoms with Gasteiger partial charge in [0.05, 0.1) is 43.8 Å². The second-order valence-corrected chi connectivity index (χ2v) is 10.2. The molecule has 1 N–H and O–H groups in total. The number of aromatic nitrogens is 3. The van der Waals surface area contributed by atoms with Crippen LogP contribution in [0.25, 0.3) is 0 Å². The molecular formula is C26H40N6O4. The normalized spacial score (nSPS) is 22.3. The summed E-state index contributed by atoms with van der Waals surface area (Å²) in [5.41, 5.74) is 3.09. The monoisotopic (exact) mass is 500 g/mol. The number of carbonyl (C=O) groups excluding carboxylic acids is 1. The van der Waals surface area contributed by atoms with Gasteiger partial charge in [-0.15, -0.1) is 5.10 Å². The Bertz CT molecular complexity index is 1010. The Hall–Kier alpha value is -2.69. The molecule has 36 heavy (non-hydrogen) atoms. The highest BCUT2D eigenvalue weighted by Gasteiger charge is 2.28. The number of hydrogen-bond donors (Lipinski definition) is 1. The second-order valence-electron chi connectivity index (χ2n) is 10.2. The minimum absolute atomic E-state index is 0.0501. The molecule has 10 nitrogen and oxygen atoms in total. The van der Waals surface area contributed by atoms with E-state index in [-0.39, 0.29) is 30.6 Å². The molecule has 3 atom stereocenters. The van der Waals surface area contributed by atoms with Crippen molar-refractivity contribution in [2.45, 2.75) is 58.5 Å². The highest BCUT2D eigenvalue weighted by molar-refractivity contribution is 5.76. The molecule has 0 unspecified atom stereocenters. The van der Waals surface area contributed by atoms with Gasteiger partial charge in [-0.1, -0.05) is 18.2 Å². The van der Waals surface area contributed by atoms with Gasteiger partial charge in [0.2, 0.25) is 5.91 Å². The average Bonchev–Trinajstić information content (AvgIpc) is 3.31. The largest absolute Gasteiger partial charge is 0.490 e. The quantitative estimate of drug-likeness (QED) is 0.641. The third kappa shape index (κ3) is 6.54. The summed E-state index contributed by atoms with van der Waals surface area (Å²) >= 11 is 0. The minimum atomic E-state index is -0.241. The van der Waals surface area contributed by atoms with Crippen molar-refractivity contribution in [1.82, 2.24) is 24.8 Å². The lowest BCUT2D eigenvalue weighted by molar-refractivity contribution is -0.136. The van der Waals surface area contributed by atoms with Crippen LogP contribution in [-0.2, 0) is 29.2 Å². The number of rotatable bonds is 6. The molecule has 1 amide bonds. The van der Waals surface area contributed by atoms with Crippen LogP contribution in [0.4, 0.5) is 5.69 Å². The van der Waals surface area contributed by atoms with Gasteiger partial charge in [-0.25, -0.2) is 0 Å². The lowest BCUT2D eigenvalue weighted by Gasteiger charge is -2.35. The number of hydrogen-bond acceptors (Lipinski definition) is 8. The van der Waals surface area contributed by atoms with E-state index in [1.807, 2.05) is 18.0 Å². The highest BCUT2D eigenvalue weighted by Crippen LogP contribution is 2.31. The van der Waals surface area contributed by atoms with Crippen LogP contribution in [0.5, 0.6) is 5.75 Å². The number of likely N-dealkylation sites (N-methyl/N-ethyl adjacent to an activating group) is 2. The molecule has 198 valence electrons. The second kappa shape index (κ2) is 12.0. The molecule has 1 aromatic heterocycles. The van der Waals surface area contributed by atoms with E-state index in [1.165, 1.54) is 5.56 Å². The zero-order chi connectivity index (χ0) is 25.7. The minimum Gasteiger partial charge on any atom is -0.490 e. The Balaban J connectivity index is 1.48. The van der Waals surface area contributed by atoms with Gasteiger partial charge in [-0.05, 0) is 38.1 Å². The van der Waals surface area contributed by atoms with Crippen LogP contribution in [0.1, 0.15) is 37.9 Å². The van der Waals surface area contributed by atoms with Gasteiger partial charge in [0, 0.05) is 45.6 Å². The van der Waals surface area contributed by atoms with Crippen molar-refractivity contribution in [3.8, 4) is 5.75 Å². The molecule has 0 fully saturated rings. The number of nitrogens with zero attached hydrogens (tertiary/aromatic N) is 6. The van der Waals surface area contributed by atoms with Crippen LogP contribution in [0, 0.1) is 5.92 Å². The number of aryl methyl sites for hydroxylation is 1. The smallest absolute Gasteiger partial charge is 0.222 e. The van der Waals surface area contributed by atoms with Crippen molar-refractivity contribution < 1.29 is 19.4 Å². The number of carbonyl (C=O) groups is 1. The van der Waals surface area contributed by atoms with E-state index in [2.05, 4.69) is 59.3 Å². The maximum atomic E-state index is 13.0. The molecule has 2 aromatic rings. The van der Waals surface area contributed by atoms with E-state index in [4.69, 9.17) is 9.47 Å². The molecule has 2 aliphatic heterocycles. The molecule has 0 radical (unpaired) electrons. The Morgan fingerprint density at radius 2 is 2.14 bits per heavy atom. The van der Waals surface area contributed by atoms with Gasteiger partial charge in [-0.3, -0.25) is 14.4 Å². The summed E-state index contributed by atoms with van der Waals surface area (Å²) in [6.07, 6.45) is 2.85. The van der Waals surface area contributed by atoms with E-state index in [9.17, 15) is 9.90 Å². The Labute approximate surface area is 213 Å². The van der Waals surface area contributed by atoms with Gasteiger partial charge in [0.25, 0.3) is 0 Å². The predicted molar refractivity (Wildman–Crippen MR) is 137 cm³/mol. The first-order valence-electron chi connectivity index (χ1n) is 12.9. The topological polar surface area (TPSA) is 96.2 Å². The predicted octanol–water partition coefficient (Wildman–Crippen LogP) is 1.76. The van der Waals surface area contributed by atoms with Crippen LogP contribution < -0.4 is 9.64 Å². The molecule has 3 heterocycles. The van der Waals surface area contributed by atoms with E-state index >= 15 is 0 Å². The van der Waals surface area contributed by atoms with Crippen molar-refractivity contribution >= 4 is 11.6 Å². The first kappa shape index (κ1) is 26.4. The molecule has 4 rings (SSSR count). The van der Waals surface area contributed by atoms with Crippen LogP contribution in [0.3, 0.4) is 0 Å². The Morgan fingerprint density at radius 3 is 2.94 bits per heavy atom. The fourth-order valence-electron chi connectivity index (χ4n) is 4.88. The number of ether oxygens (including phenoxy) is 2. The maximum Gasteiger partial charge on any atom is 0.222 e. The van der Waals surface area contributed by atoms with E-state index in [1.54, 1.807) is 4.68 Å². The maximum absolute atomic E-state index is 13.0. The highest BCUT2D eigenvalue weighted by atomic mass is 16.5. The molecule has 0 saturated carbocycles. The van der Waals surface area contributed by atoms with Crippen LogP contribution in [0.15, 0.2) is 24.4 Å². The lowest BCUT2D eigenvalue weighted by atomic mass is 10.0. The molecule has 10 heteroatoms. The molecule has 0 spiro atoms. The van der Waals surface area contributed by atoms with Gasteiger partial charge in [0.1, 0.15) is 18.1 Å². The van der Waals surface area contributed by atoms with Gasteiger partial charge >= 0.3 is 0 Å². The zero-order valence-corrected chi connectivity index (χ0v) is 22.0. The fraction of sp³-hybridized carbons (Fsp3) is 0.654. The van der Waals surface area contributed by atoms with Crippen LogP contribution >= 0.6 is 0 Å². The molecule has 0 saturated heterocycles. The number of amides is 1. The first-order chi connectivity index (χ1) is 17.3. The number of aliphatic hydroxyl groups excluding tert-OH is 1. The summed E-state index contributed by atoms with van der Waals surface area (Å²) in [5, 5.41) is 18.2. The summed E-state index contributed by atoms with van der Waals surface area (Å²) < 4.78 is 14.0. The third-order valence-electron chi connectivity index (χ3n) is 7.11. The van der Waals surface area contributed by atoms with E-state index in [0.29, 0.717) is 45.7 Å². The molecule has 2 aliphatic rings. The summed E-state index contributed by atoms with van der Waals surface area (Å²) in [5.74, 6) is 1.03. The molecule has 0 aliphatic carbocycles. The van der Waals surface area contributed by atoms with E-state index in [0.717, 1.165) is 30.2 Å². The van der Waals surface area contributed by atoms with Gasteiger partial charge in [0.15, 0.2) is 0 Å². The van der Waals surface area contributed by atoms with Gasteiger partial charge < -0.3 is 24.4 Å². The summed E-state index contributed by atoms with van der Waals surface area (Å²) in [6.45, 7) is 8.49. The van der Waals surface area contributed by atoms with Crippen molar-refractivity contribution in [1.29, 1.82) is 0 Å². The third-order valence-corrected chi connectivity index (χ3v) is 7.11. The number of benzene rings is 1. The van der Waals surface area contributed by atoms with Crippen molar-refractivity contribution in [3.05, 3.63) is 35.7 Å². The number of aliphatic hydroxyl groups is 1. The van der Waals surface area contributed by atoms with Crippen molar-refractivity contribution in [3.63, 3.8) is 0 Å². The lowest BCUT2D eigenvalue weighted by Crippen LogP contribution is -2.47. The van der Waals surface area contributed by atoms with E-state index < -0.39 is 0 Å². The summed E-state index contributed by atoms with van der Waals surface area (Å²) in [6, 6.07) is 6.16. The van der Waals surface area contributed by atoms with Crippen LogP contribution in [-0.4, -0.2) is 94.9 Å². The Morgan fingerprint density at radius 1 is 1.31 bits per heavy atom. The summed E-state index contributed by atoms with van der Waals surface area (Å²) in [7, 11) is 4.17. The molecule has 2 bridgehead atoms. The Kier molecular flexibility index (Phi) is 8.81. The average molecular weight is 501 g/mol. The number of anilines is 1.